The predicted molar refractivity (Wildman–Crippen MR) is 71.9 cm³/mol. The summed E-state index contributed by atoms with van der Waals surface area (Å²) in [5.74, 6) is 0.0101. The van der Waals surface area contributed by atoms with Gasteiger partial charge >= 0.3 is 0 Å². The Labute approximate surface area is 108 Å². The normalized spacial score (nSPS) is 19.6. The Morgan fingerprint density at radius 3 is 2.89 bits per heavy atom. The van der Waals surface area contributed by atoms with E-state index in [1.54, 1.807) is 4.90 Å². The van der Waals surface area contributed by atoms with Gasteiger partial charge in [-0.05, 0) is 31.0 Å². The molecule has 0 saturated carbocycles. The van der Waals surface area contributed by atoms with Gasteiger partial charge in [-0.1, -0.05) is 12.1 Å². The number of hydrogen-bond donors (Lipinski definition) is 1. The summed E-state index contributed by atoms with van der Waals surface area (Å²) in [6, 6.07) is 6.12. The SMILES string of the molecule is Cc1ccc(C)c(N(C)C(=O)C2CNCCO2)c1. The third-order valence-electron chi connectivity index (χ3n) is 3.26. The van der Waals surface area contributed by atoms with Crippen molar-refractivity contribution in [3.8, 4) is 0 Å². The van der Waals surface area contributed by atoms with E-state index >= 15 is 0 Å². The molecule has 1 saturated heterocycles. The number of amides is 1. The Bertz CT molecular complexity index is 439. The maximum Gasteiger partial charge on any atom is 0.257 e. The summed E-state index contributed by atoms with van der Waals surface area (Å²) in [5, 5.41) is 3.18. The van der Waals surface area contributed by atoms with Crippen molar-refractivity contribution in [2.75, 3.05) is 31.6 Å². The molecule has 0 bridgehead atoms. The van der Waals surface area contributed by atoms with Gasteiger partial charge in [0.05, 0.1) is 6.61 Å². The van der Waals surface area contributed by atoms with Gasteiger partial charge in [-0.15, -0.1) is 0 Å². The largest absolute Gasteiger partial charge is 0.366 e. The lowest BCUT2D eigenvalue weighted by atomic mass is 10.1. The molecule has 1 aromatic rings. The van der Waals surface area contributed by atoms with Gasteiger partial charge in [0, 0.05) is 25.8 Å². The Morgan fingerprint density at radius 1 is 1.44 bits per heavy atom. The summed E-state index contributed by atoms with van der Waals surface area (Å²) < 4.78 is 5.50. The number of carbonyl (C=O) groups excluding carboxylic acids is 1. The molecule has 1 unspecified atom stereocenters. The number of morpholine rings is 1. The summed E-state index contributed by atoms with van der Waals surface area (Å²) in [4.78, 5) is 14.0. The van der Waals surface area contributed by atoms with Crippen LogP contribution in [0.2, 0.25) is 0 Å². The van der Waals surface area contributed by atoms with Crippen LogP contribution in [0.25, 0.3) is 0 Å². The highest BCUT2D eigenvalue weighted by atomic mass is 16.5. The summed E-state index contributed by atoms with van der Waals surface area (Å²) in [6.07, 6.45) is -0.372. The van der Waals surface area contributed by atoms with E-state index in [0.29, 0.717) is 13.2 Å². The Kier molecular flexibility index (Phi) is 3.99. The highest BCUT2D eigenvalue weighted by molar-refractivity contribution is 5.97. The smallest absolute Gasteiger partial charge is 0.257 e. The van der Waals surface area contributed by atoms with Crippen molar-refractivity contribution in [3.05, 3.63) is 29.3 Å². The quantitative estimate of drug-likeness (QED) is 0.856. The summed E-state index contributed by atoms with van der Waals surface area (Å²) in [7, 11) is 1.81. The van der Waals surface area contributed by atoms with Crippen LogP contribution in [0.15, 0.2) is 18.2 Å². The zero-order valence-corrected chi connectivity index (χ0v) is 11.2. The van der Waals surface area contributed by atoms with Gasteiger partial charge in [-0.2, -0.15) is 0 Å². The number of ether oxygens (including phenoxy) is 1. The van der Waals surface area contributed by atoms with Crippen LogP contribution in [0.5, 0.6) is 0 Å². The average Bonchev–Trinajstić information content (AvgIpc) is 2.41. The molecule has 1 atom stereocenters. The van der Waals surface area contributed by atoms with Crippen molar-refractivity contribution in [2.24, 2.45) is 0 Å². The molecule has 1 amide bonds. The maximum atomic E-state index is 12.3. The Balaban J connectivity index is 2.16. The lowest BCUT2D eigenvalue weighted by molar-refractivity contribution is -0.131. The lowest BCUT2D eigenvalue weighted by Crippen LogP contribution is -2.48. The van der Waals surface area contributed by atoms with Crippen LogP contribution in [0, 0.1) is 13.8 Å². The summed E-state index contributed by atoms with van der Waals surface area (Å²) in [6.45, 7) is 6.04. The molecular formula is C14H20N2O2. The van der Waals surface area contributed by atoms with Gasteiger partial charge in [0.15, 0.2) is 0 Å². The van der Waals surface area contributed by atoms with Crippen molar-refractivity contribution in [1.29, 1.82) is 0 Å². The molecule has 0 radical (unpaired) electrons. The third kappa shape index (κ3) is 2.71. The van der Waals surface area contributed by atoms with Crippen LogP contribution >= 0.6 is 0 Å². The van der Waals surface area contributed by atoms with Crippen LogP contribution in [0.3, 0.4) is 0 Å². The van der Waals surface area contributed by atoms with E-state index < -0.39 is 0 Å². The van der Waals surface area contributed by atoms with E-state index in [0.717, 1.165) is 23.4 Å². The van der Waals surface area contributed by atoms with Crippen LogP contribution < -0.4 is 10.2 Å². The first-order valence-electron chi connectivity index (χ1n) is 6.26. The maximum absolute atomic E-state index is 12.3. The third-order valence-corrected chi connectivity index (χ3v) is 3.26. The zero-order valence-electron chi connectivity index (χ0n) is 11.2. The first-order valence-corrected chi connectivity index (χ1v) is 6.26. The molecular weight excluding hydrogens is 228 g/mol. The average molecular weight is 248 g/mol. The van der Waals surface area contributed by atoms with Crippen LogP contribution in [0.1, 0.15) is 11.1 Å². The summed E-state index contributed by atoms with van der Waals surface area (Å²) >= 11 is 0. The fraction of sp³-hybridized carbons (Fsp3) is 0.500. The first-order chi connectivity index (χ1) is 8.59. The van der Waals surface area contributed by atoms with E-state index in [9.17, 15) is 4.79 Å². The van der Waals surface area contributed by atoms with E-state index in [4.69, 9.17) is 4.74 Å². The highest BCUT2D eigenvalue weighted by Gasteiger charge is 2.26. The van der Waals surface area contributed by atoms with Crippen molar-refractivity contribution in [1.82, 2.24) is 5.32 Å². The standard InChI is InChI=1S/C14H20N2O2/c1-10-4-5-11(2)12(8-10)16(3)14(17)13-9-15-6-7-18-13/h4-5,8,13,15H,6-7,9H2,1-3H3. The van der Waals surface area contributed by atoms with Gasteiger partial charge in [-0.3, -0.25) is 4.79 Å². The molecule has 0 spiro atoms. The van der Waals surface area contributed by atoms with Crippen molar-refractivity contribution in [3.63, 3.8) is 0 Å². The van der Waals surface area contributed by atoms with Crippen LogP contribution in [0.4, 0.5) is 5.69 Å². The van der Waals surface area contributed by atoms with Gasteiger partial charge < -0.3 is 15.0 Å². The molecule has 2 rings (SSSR count). The van der Waals surface area contributed by atoms with Gasteiger partial charge in [0.1, 0.15) is 6.10 Å². The fourth-order valence-electron chi connectivity index (χ4n) is 2.14. The molecule has 1 fully saturated rings. The van der Waals surface area contributed by atoms with Crippen LogP contribution in [-0.2, 0) is 9.53 Å². The first kappa shape index (κ1) is 13.1. The van der Waals surface area contributed by atoms with Crippen molar-refractivity contribution >= 4 is 11.6 Å². The molecule has 1 heterocycles. The topological polar surface area (TPSA) is 41.6 Å². The van der Waals surface area contributed by atoms with Gasteiger partial charge in [-0.25, -0.2) is 0 Å². The Hall–Kier alpha value is -1.39. The van der Waals surface area contributed by atoms with Gasteiger partial charge in [0.25, 0.3) is 5.91 Å². The highest BCUT2D eigenvalue weighted by Crippen LogP contribution is 2.21. The summed E-state index contributed by atoms with van der Waals surface area (Å²) in [5.41, 5.74) is 3.20. The van der Waals surface area contributed by atoms with E-state index in [1.165, 1.54) is 0 Å². The molecule has 1 aromatic carbocycles. The molecule has 1 N–H and O–H groups in total. The molecule has 0 aliphatic carbocycles. The minimum Gasteiger partial charge on any atom is -0.366 e. The fourth-order valence-corrected chi connectivity index (χ4v) is 2.14. The van der Waals surface area contributed by atoms with Gasteiger partial charge in [0.2, 0.25) is 0 Å². The molecule has 1 aliphatic heterocycles. The molecule has 1 aliphatic rings. The Morgan fingerprint density at radius 2 is 2.22 bits per heavy atom. The molecule has 98 valence electrons. The second-order valence-corrected chi connectivity index (χ2v) is 4.75. The molecule has 0 aromatic heterocycles. The predicted octanol–water partition coefficient (Wildman–Crippen LogP) is 1.25. The van der Waals surface area contributed by atoms with Crippen molar-refractivity contribution < 1.29 is 9.53 Å². The van der Waals surface area contributed by atoms with E-state index in [2.05, 4.69) is 11.4 Å². The van der Waals surface area contributed by atoms with Crippen LogP contribution in [-0.4, -0.2) is 38.8 Å². The number of likely N-dealkylation sites (N-methyl/N-ethyl adjacent to an activating group) is 1. The number of nitrogens with zero attached hydrogens (tertiary/aromatic N) is 1. The number of aryl methyl sites for hydroxylation is 2. The minimum absolute atomic E-state index is 0.0101. The number of anilines is 1. The molecule has 4 heteroatoms. The monoisotopic (exact) mass is 248 g/mol. The van der Waals surface area contributed by atoms with E-state index in [-0.39, 0.29) is 12.0 Å². The minimum atomic E-state index is -0.372. The van der Waals surface area contributed by atoms with Crippen molar-refractivity contribution in [2.45, 2.75) is 20.0 Å². The number of benzene rings is 1. The number of carbonyl (C=O) groups is 1. The second kappa shape index (κ2) is 5.50. The lowest BCUT2D eigenvalue weighted by Gasteiger charge is -2.28. The van der Waals surface area contributed by atoms with E-state index in [1.807, 2.05) is 33.0 Å². The second-order valence-electron chi connectivity index (χ2n) is 4.75. The number of rotatable bonds is 2. The zero-order chi connectivity index (χ0) is 13.1. The number of nitrogens with one attached hydrogen (secondary N) is 1. The molecule has 18 heavy (non-hydrogen) atoms. The number of hydrogen-bond acceptors (Lipinski definition) is 3. The molecule has 4 nitrogen and oxygen atoms in total.